The Labute approximate surface area is 175 Å². The summed E-state index contributed by atoms with van der Waals surface area (Å²) in [4.78, 5) is 25.4. The highest BCUT2D eigenvalue weighted by atomic mass is 19.1. The van der Waals surface area contributed by atoms with Crippen LogP contribution in [0.1, 0.15) is 54.1 Å². The molecular formula is C23H27FN2O4. The Balaban J connectivity index is 1.96. The minimum atomic E-state index is -0.612. The van der Waals surface area contributed by atoms with Gasteiger partial charge in [0.25, 0.3) is 5.69 Å². The highest BCUT2D eigenvalue weighted by Crippen LogP contribution is 2.48. The van der Waals surface area contributed by atoms with Crippen molar-refractivity contribution in [3.05, 3.63) is 75.6 Å². The third kappa shape index (κ3) is 5.02. The Morgan fingerprint density at radius 2 is 1.83 bits per heavy atom. The fourth-order valence-electron chi connectivity index (χ4n) is 4.50. The molecule has 0 aliphatic heterocycles. The quantitative estimate of drug-likeness (QED) is 0.356. The molecular weight excluding hydrogens is 387 g/mol. The van der Waals surface area contributed by atoms with Crippen molar-refractivity contribution in [1.82, 2.24) is 4.90 Å². The summed E-state index contributed by atoms with van der Waals surface area (Å²) in [6, 6.07) is 11.6. The molecule has 2 aromatic carbocycles. The maximum absolute atomic E-state index is 14.0. The lowest BCUT2D eigenvalue weighted by molar-refractivity contribution is -0.384. The van der Waals surface area contributed by atoms with Crippen molar-refractivity contribution < 1.29 is 18.8 Å². The van der Waals surface area contributed by atoms with Gasteiger partial charge >= 0.3 is 5.97 Å². The molecule has 1 atom stereocenters. The van der Waals surface area contributed by atoms with Crippen molar-refractivity contribution in [3.63, 3.8) is 0 Å². The zero-order valence-corrected chi connectivity index (χ0v) is 17.3. The monoisotopic (exact) mass is 414 g/mol. The number of nitro groups is 1. The molecule has 1 fully saturated rings. The molecule has 1 aliphatic carbocycles. The first-order valence-corrected chi connectivity index (χ1v) is 10.2. The highest BCUT2D eigenvalue weighted by Gasteiger charge is 2.43. The molecule has 2 aromatic rings. The Kier molecular flexibility index (Phi) is 6.82. The van der Waals surface area contributed by atoms with E-state index >= 15 is 0 Å². The van der Waals surface area contributed by atoms with Crippen LogP contribution >= 0.6 is 0 Å². The van der Waals surface area contributed by atoms with E-state index in [0.29, 0.717) is 12.1 Å². The van der Waals surface area contributed by atoms with Gasteiger partial charge in [-0.15, -0.1) is 0 Å². The fraction of sp³-hybridized carbons (Fsp3) is 0.435. The van der Waals surface area contributed by atoms with Crippen molar-refractivity contribution in [2.24, 2.45) is 5.41 Å². The zero-order chi connectivity index (χ0) is 21.7. The Bertz CT molecular complexity index is 892. The number of carbonyl (C=O) groups excluding carboxylic acids is 1. The Hall–Kier alpha value is -2.80. The predicted molar refractivity (Wildman–Crippen MR) is 112 cm³/mol. The number of carbonyl (C=O) groups is 1. The van der Waals surface area contributed by atoms with Gasteiger partial charge in [0.15, 0.2) is 0 Å². The number of nitro benzene ring substituents is 1. The van der Waals surface area contributed by atoms with Gasteiger partial charge in [-0.05, 0) is 56.8 Å². The number of hydrogen-bond donors (Lipinski definition) is 0. The highest BCUT2D eigenvalue weighted by molar-refractivity contribution is 5.89. The summed E-state index contributed by atoms with van der Waals surface area (Å²) in [5.74, 6) is -0.942. The van der Waals surface area contributed by atoms with Crippen LogP contribution in [0.4, 0.5) is 10.1 Å². The summed E-state index contributed by atoms with van der Waals surface area (Å²) < 4.78 is 20.1. The van der Waals surface area contributed by atoms with Crippen molar-refractivity contribution in [2.75, 3.05) is 20.6 Å². The molecule has 1 saturated carbocycles. The Morgan fingerprint density at radius 3 is 2.40 bits per heavy atom. The Morgan fingerprint density at radius 1 is 1.17 bits per heavy atom. The number of benzene rings is 2. The van der Waals surface area contributed by atoms with Gasteiger partial charge in [-0.2, -0.15) is 0 Å². The van der Waals surface area contributed by atoms with Crippen LogP contribution in [-0.2, 0) is 4.74 Å². The molecule has 0 amide bonds. The molecule has 30 heavy (non-hydrogen) atoms. The summed E-state index contributed by atoms with van der Waals surface area (Å²) in [6.07, 6.45) is 4.31. The summed E-state index contributed by atoms with van der Waals surface area (Å²) in [5, 5.41) is 10.9. The van der Waals surface area contributed by atoms with E-state index in [1.165, 1.54) is 36.4 Å². The van der Waals surface area contributed by atoms with Crippen LogP contribution < -0.4 is 0 Å². The molecule has 0 N–H and O–H groups in total. The summed E-state index contributed by atoms with van der Waals surface area (Å²) in [5.41, 5.74) is 0.447. The van der Waals surface area contributed by atoms with Crippen LogP contribution in [0.2, 0.25) is 0 Å². The normalized spacial score (nSPS) is 16.8. The van der Waals surface area contributed by atoms with Crippen molar-refractivity contribution in [3.8, 4) is 0 Å². The first-order chi connectivity index (χ1) is 14.3. The standard InChI is InChI=1S/C23H27FN2O4/c1-25(2)16-23(13-4-3-5-14-23)21(18-7-6-8-19(24)15-18)30-22(27)17-9-11-20(12-10-17)26(28)29/h6-12,15,21H,3-5,13-14,16H2,1-2H3. The third-order valence-electron chi connectivity index (χ3n) is 5.73. The number of halogens is 1. The van der Waals surface area contributed by atoms with E-state index in [4.69, 9.17) is 4.74 Å². The first-order valence-electron chi connectivity index (χ1n) is 10.2. The van der Waals surface area contributed by atoms with E-state index in [1.54, 1.807) is 12.1 Å². The fourth-order valence-corrected chi connectivity index (χ4v) is 4.50. The topological polar surface area (TPSA) is 72.7 Å². The van der Waals surface area contributed by atoms with Gasteiger partial charge < -0.3 is 9.64 Å². The van der Waals surface area contributed by atoms with Crippen molar-refractivity contribution >= 4 is 11.7 Å². The number of hydrogen-bond acceptors (Lipinski definition) is 5. The molecule has 160 valence electrons. The van der Waals surface area contributed by atoms with Gasteiger partial charge in [-0.25, -0.2) is 9.18 Å². The van der Waals surface area contributed by atoms with E-state index in [9.17, 15) is 19.3 Å². The van der Waals surface area contributed by atoms with Gasteiger partial charge in [0.1, 0.15) is 11.9 Å². The van der Waals surface area contributed by atoms with Crippen LogP contribution in [0.3, 0.4) is 0 Å². The van der Waals surface area contributed by atoms with E-state index in [2.05, 4.69) is 4.90 Å². The average Bonchev–Trinajstić information content (AvgIpc) is 2.72. The molecule has 0 saturated heterocycles. The molecule has 7 heteroatoms. The van der Waals surface area contributed by atoms with Gasteiger partial charge in [0, 0.05) is 24.1 Å². The second-order valence-electron chi connectivity index (χ2n) is 8.31. The van der Waals surface area contributed by atoms with Crippen molar-refractivity contribution in [2.45, 2.75) is 38.2 Å². The van der Waals surface area contributed by atoms with Gasteiger partial charge in [0.05, 0.1) is 10.5 Å². The van der Waals surface area contributed by atoms with Gasteiger partial charge in [-0.1, -0.05) is 31.4 Å². The van der Waals surface area contributed by atoms with Crippen LogP contribution in [0.15, 0.2) is 48.5 Å². The first kappa shape index (κ1) is 21.9. The van der Waals surface area contributed by atoms with Crippen LogP contribution in [0, 0.1) is 21.3 Å². The lowest BCUT2D eigenvalue weighted by Crippen LogP contribution is -2.42. The smallest absolute Gasteiger partial charge is 0.338 e. The maximum Gasteiger partial charge on any atom is 0.338 e. The molecule has 6 nitrogen and oxygen atoms in total. The average molecular weight is 414 g/mol. The number of nitrogens with zero attached hydrogens (tertiary/aromatic N) is 2. The molecule has 0 radical (unpaired) electrons. The van der Waals surface area contributed by atoms with Gasteiger partial charge in [-0.3, -0.25) is 10.1 Å². The van der Waals surface area contributed by atoms with E-state index in [1.807, 2.05) is 14.1 Å². The minimum absolute atomic E-state index is 0.0930. The van der Waals surface area contributed by atoms with E-state index < -0.39 is 17.0 Å². The predicted octanol–water partition coefficient (Wildman–Crippen LogP) is 5.14. The number of rotatable bonds is 7. The summed E-state index contributed by atoms with van der Waals surface area (Å²) in [6.45, 7) is 0.710. The van der Waals surface area contributed by atoms with Crippen LogP contribution in [0.5, 0.6) is 0 Å². The molecule has 0 bridgehead atoms. The molecule has 0 spiro atoms. The largest absolute Gasteiger partial charge is 0.453 e. The maximum atomic E-state index is 14.0. The second kappa shape index (κ2) is 9.34. The lowest BCUT2D eigenvalue weighted by atomic mass is 9.68. The SMILES string of the molecule is CN(C)CC1(C(OC(=O)c2ccc([N+](=O)[O-])cc2)c2cccc(F)c2)CCCCC1. The molecule has 1 unspecified atom stereocenters. The lowest BCUT2D eigenvalue weighted by Gasteiger charge is -2.44. The van der Waals surface area contributed by atoms with Crippen LogP contribution in [-0.4, -0.2) is 36.4 Å². The van der Waals surface area contributed by atoms with E-state index in [-0.39, 0.29) is 22.5 Å². The molecule has 1 aliphatic rings. The van der Waals surface area contributed by atoms with Crippen LogP contribution in [0.25, 0.3) is 0 Å². The molecule has 0 heterocycles. The summed E-state index contributed by atoms with van der Waals surface area (Å²) >= 11 is 0. The summed E-state index contributed by atoms with van der Waals surface area (Å²) in [7, 11) is 3.97. The number of esters is 1. The minimum Gasteiger partial charge on any atom is -0.453 e. The number of ether oxygens (including phenoxy) is 1. The zero-order valence-electron chi connectivity index (χ0n) is 17.3. The third-order valence-corrected chi connectivity index (χ3v) is 5.73. The van der Waals surface area contributed by atoms with E-state index in [0.717, 1.165) is 32.1 Å². The number of non-ortho nitro benzene ring substituents is 1. The second-order valence-corrected chi connectivity index (χ2v) is 8.31. The molecule has 0 aromatic heterocycles. The van der Waals surface area contributed by atoms with Gasteiger partial charge in [0.2, 0.25) is 0 Å². The van der Waals surface area contributed by atoms with Crippen molar-refractivity contribution in [1.29, 1.82) is 0 Å². The molecule has 3 rings (SSSR count).